The maximum Gasteiger partial charge on any atom is 0.255 e. The average Bonchev–Trinajstić information content (AvgIpc) is 3.25. The highest BCUT2D eigenvalue weighted by atomic mass is 32.2. The quantitative estimate of drug-likeness (QED) is 0.713. The minimum atomic E-state index is -3.68. The molecule has 1 saturated heterocycles. The van der Waals surface area contributed by atoms with Crippen molar-refractivity contribution in [2.24, 2.45) is 0 Å². The average molecular weight is 456 g/mol. The highest BCUT2D eigenvalue weighted by molar-refractivity contribution is 7.89. The van der Waals surface area contributed by atoms with Crippen LogP contribution < -0.4 is 10.2 Å². The van der Waals surface area contributed by atoms with E-state index in [0.717, 1.165) is 44.2 Å². The summed E-state index contributed by atoms with van der Waals surface area (Å²) in [6, 6.07) is 13.3. The summed E-state index contributed by atoms with van der Waals surface area (Å²) in [5.74, 6) is -0.319. The number of hydrogen-bond acceptors (Lipinski definition) is 4. The van der Waals surface area contributed by atoms with E-state index in [9.17, 15) is 18.0 Å². The number of amides is 2. The van der Waals surface area contributed by atoms with Crippen LogP contribution in [0.4, 0.5) is 11.4 Å². The molecule has 1 aliphatic carbocycles. The van der Waals surface area contributed by atoms with Gasteiger partial charge in [0.05, 0.1) is 4.90 Å². The van der Waals surface area contributed by atoms with Crippen molar-refractivity contribution >= 4 is 33.2 Å². The SMILES string of the molecule is CN(C1CCCCC1)S(=O)(=O)c1cccc(C(=O)Nc2cccc(N3CCCC3=O)c2)c1. The third-order valence-corrected chi connectivity index (χ3v) is 8.26. The van der Waals surface area contributed by atoms with Crippen molar-refractivity contribution in [1.29, 1.82) is 0 Å². The standard InChI is InChI=1S/C24H29N3O4S/c1-26(20-10-3-2-4-11-20)32(30,31)22-13-5-8-18(16-22)24(29)25-19-9-6-12-21(17-19)27-15-7-14-23(27)28/h5-6,8-9,12-13,16-17,20H,2-4,7,10-11,14-15H2,1H3,(H,25,29). The summed E-state index contributed by atoms with van der Waals surface area (Å²) in [5, 5.41) is 2.82. The van der Waals surface area contributed by atoms with Gasteiger partial charge >= 0.3 is 0 Å². The van der Waals surface area contributed by atoms with Crippen molar-refractivity contribution in [3.8, 4) is 0 Å². The highest BCUT2D eigenvalue weighted by Crippen LogP contribution is 2.27. The predicted molar refractivity (Wildman–Crippen MR) is 124 cm³/mol. The molecule has 0 bridgehead atoms. The van der Waals surface area contributed by atoms with Gasteiger partial charge in [-0.2, -0.15) is 4.31 Å². The van der Waals surface area contributed by atoms with Gasteiger partial charge in [-0.3, -0.25) is 9.59 Å². The summed E-state index contributed by atoms with van der Waals surface area (Å²) in [5.41, 5.74) is 1.57. The van der Waals surface area contributed by atoms with Crippen molar-refractivity contribution < 1.29 is 18.0 Å². The number of carbonyl (C=O) groups is 2. The van der Waals surface area contributed by atoms with E-state index in [0.29, 0.717) is 18.7 Å². The molecule has 170 valence electrons. The molecule has 0 unspecified atom stereocenters. The van der Waals surface area contributed by atoms with E-state index >= 15 is 0 Å². The van der Waals surface area contributed by atoms with Gasteiger partial charge in [-0.05, 0) is 55.7 Å². The molecule has 2 aliphatic rings. The summed E-state index contributed by atoms with van der Waals surface area (Å²) in [6.07, 6.45) is 6.31. The lowest BCUT2D eigenvalue weighted by molar-refractivity contribution is -0.117. The lowest BCUT2D eigenvalue weighted by Gasteiger charge is -2.30. The van der Waals surface area contributed by atoms with Gasteiger partial charge in [0, 0.05) is 43.0 Å². The van der Waals surface area contributed by atoms with Gasteiger partial charge in [0.15, 0.2) is 0 Å². The van der Waals surface area contributed by atoms with Gasteiger partial charge in [0.1, 0.15) is 0 Å². The molecule has 7 nitrogen and oxygen atoms in total. The van der Waals surface area contributed by atoms with E-state index in [-0.39, 0.29) is 22.4 Å². The Hall–Kier alpha value is -2.71. The first-order valence-electron chi connectivity index (χ1n) is 11.2. The first-order valence-corrected chi connectivity index (χ1v) is 12.6. The minimum absolute atomic E-state index is 0.00210. The summed E-state index contributed by atoms with van der Waals surface area (Å²) < 4.78 is 27.7. The van der Waals surface area contributed by atoms with Gasteiger partial charge < -0.3 is 10.2 Å². The predicted octanol–water partition coefficient (Wildman–Crippen LogP) is 4.02. The monoisotopic (exact) mass is 455 g/mol. The highest BCUT2D eigenvalue weighted by Gasteiger charge is 2.29. The second kappa shape index (κ2) is 9.42. The lowest BCUT2D eigenvalue weighted by Crippen LogP contribution is -2.38. The molecule has 1 heterocycles. The number of carbonyl (C=O) groups excluding carboxylic acids is 2. The van der Waals surface area contributed by atoms with E-state index in [1.54, 1.807) is 42.3 Å². The second-order valence-corrected chi connectivity index (χ2v) is 10.5. The Morgan fingerprint density at radius 3 is 2.50 bits per heavy atom. The van der Waals surface area contributed by atoms with Crippen molar-refractivity contribution in [2.45, 2.75) is 55.9 Å². The fourth-order valence-electron chi connectivity index (χ4n) is 4.48. The Morgan fingerprint density at radius 2 is 1.78 bits per heavy atom. The maximum absolute atomic E-state index is 13.1. The van der Waals surface area contributed by atoms with E-state index in [4.69, 9.17) is 0 Å². The molecule has 0 spiro atoms. The zero-order valence-electron chi connectivity index (χ0n) is 18.3. The van der Waals surface area contributed by atoms with Crippen LogP contribution in [-0.4, -0.2) is 44.2 Å². The molecular formula is C24H29N3O4S. The Balaban J connectivity index is 1.51. The van der Waals surface area contributed by atoms with Gasteiger partial charge in [-0.25, -0.2) is 8.42 Å². The first-order chi connectivity index (χ1) is 15.4. The van der Waals surface area contributed by atoms with Crippen LogP contribution in [0, 0.1) is 0 Å². The van der Waals surface area contributed by atoms with E-state index in [2.05, 4.69) is 5.32 Å². The number of hydrogen-bond donors (Lipinski definition) is 1. The van der Waals surface area contributed by atoms with Gasteiger partial charge in [0.2, 0.25) is 15.9 Å². The van der Waals surface area contributed by atoms with Crippen LogP contribution in [-0.2, 0) is 14.8 Å². The molecule has 2 amide bonds. The Kier molecular flexibility index (Phi) is 6.62. The van der Waals surface area contributed by atoms with Crippen molar-refractivity contribution in [3.63, 3.8) is 0 Å². The van der Waals surface area contributed by atoms with Crippen LogP contribution in [0.1, 0.15) is 55.3 Å². The molecule has 1 saturated carbocycles. The normalized spacial score (nSPS) is 17.7. The Bertz CT molecular complexity index is 1110. The summed E-state index contributed by atoms with van der Waals surface area (Å²) in [4.78, 5) is 26.7. The number of nitrogens with zero attached hydrogens (tertiary/aromatic N) is 2. The molecule has 0 aromatic heterocycles. The third kappa shape index (κ3) is 4.71. The van der Waals surface area contributed by atoms with Crippen molar-refractivity contribution in [2.75, 3.05) is 23.8 Å². The number of rotatable bonds is 6. The van der Waals surface area contributed by atoms with Crippen LogP contribution in [0.25, 0.3) is 0 Å². The smallest absolute Gasteiger partial charge is 0.255 e. The molecule has 32 heavy (non-hydrogen) atoms. The number of benzene rings is 2. The van der Waals surface area contributed by atoms with E-state index < -0.39 is 15.9 Å². The summed E-state index contributed by atoms with van der Waals surface area (Å²) in [6.45, 7) is 0.671. The second-order valence-electron chi connectivity index (χ2n) is 8.49. The molecule has 1 aliphatic heterocycles. The summed E-state index contributed by atoms with van der Waals surface area (Å²) in [7, 11) is -2.05. The molecule has 0 radical (unpaired) electrons. The molecule has 2 aromatic carbocycles. The van der Waals surface area contributed by atoms with E-state index in [1.165, 1.54) is 16.4 Å². The topological polar surface area (TPSA) is 86.8 Å². The zero-order valence-corrected chi connectivity index (χ0v) is 19.1. The fraction of sp³-hybridized carbons (Fsp3) is 0.417. The Labute approximate surface area is 189 Å². The number of sulfonamides is 1. The largest absolute Gasteiger partial charge is 0.322 e. The fourth-order valence-corrected chi connectivity index (χ4v) is 5.94. The molecule has 2 fully saturated rings. The Morgan fingerprint density at radius 1 is 1.03 bits per heavy atom. The number of anilines is 2. The summed E-state index contributed by atoms with van der Waals surface area (Å²) >= 11 is 0. The van der Waals surface area contributed by atoms with Gasteiger partial charge in [-0.1, -0.05) is 31.4 Å². The maximum atomic E-state index is 13.1. The van der Waals surface area contributed by atoms with Crippen LogP contribution in [0.5, 0.6) is 0 Å². The van der Waals surface area contributed by atoms with E-state index in [1.807, 2.05) is 6.07 Å². The van der Waals surface area contributed by atoms with Crippen LogP contribution in [0.15, 0.2) is 53.4 Å². The van der Waals surface area contributed by atoms with Crippen LogP contribution in [0.3, 0.4) is 0 Å². The number of nitrogens with one attached hydrogen (secondary N) is 1. The third-order valence-electron chi connectivity index (χ3n) is 6.35. The van der Waals surface area contributed by atoms with Gasteiger partial charge in [0.25, 0.3) is 5.91 Å². The van der Waals surface area contributed by atoms with Crippen molar-refractivity contribution in [3.05, 3.63) is 54.1 Å². The molecule has 0 atom stereocenters. The minimum Gasteiger partial charge on any atom is -0.322 e. The van der Waals surface area contributed by atoms with Gasteiger partial charge in [-0.15, -0.1) is 0 Å². The lowest BCUT2D eigenvalue weighted by atomic mass is 9.96. The zero-order chi connectivity index (χ0) is 22.7. The molecule has 8 heteroatoms. The van der Waals surface area contributed by atoms with Crippen molar-refractivity contribution in [1.82, 2.24) is 4.31 Å². The molecule has 4 rings (SSSR count). The molecule has 2 aromatic rings. The van der Waals surface area contributed by atoms with Crippen LogP contribution >= 0.6 is 0 Å². The van der Waals surface area contributed by atoms with Crippen LogP contribution in [0.2, 0.25) is 0 Å². The molecular weight excluding hydrogens is 426 g/mol. The first kappa shape index (κ1) is 22.5. The molecule has 1 N–H and O–H groups in total.